The molecule has 0 spiro atoms. The van der Waals surface area contributed by atoms with Crippen molar-refractivity contribution in [2.75, 3.05) is 0 Å². The van der Waals surface area contributed by atoms with Crippen LogP contribution in [0.15, 0.2) is 37.1 Å². The van der Waals surface area contributed by atoms with Gasteiger partial charge in [-0.2, -0.15) is 0 Å². The van der Waals surface area contributed by atoms with Crippen LogP contribution in [0.4, 0.5) is 0 Å². The van der Waals surface area contributed by atoms with Crippen molar-refractivity contribution >= 4 is 22.2 Å². The molecule has 0 bridgehead atoms. The Morgan fingerprint density at radius 1 is 1.16 bits per heavy atom. The van der Waals surface area contributed by atoms with Gasteiger partial charge in [-0.3, -0.25) is 0 Å². The number of fused-ring (bicyclic) bond motifs is 2. The van der Waals surface area contributed by atoms with Crippen LogP contribution in [0, 0.1) is 0 Å². The van der Waals surface area contributed by atoms with Crippen molar-refractivity contribution < 1.29 is 0 Å². The molecule has 0 fully saturated rings. The molecule has 4 aromatic rings. The average molecular weight is 250 g/mol. The van der Waals surface area contributed by atoms with Gasteiger partial charge in [0, 0.05) is 30.4 Å². The molecule has 0 aliphatic carbocycles. The second kappa shape index (κ2) is 3.61. The standard InChI is InChI=1S/C13H10N6/c1-19-7-17-13-10(19)6-16-12(18-13)9-4-8-2-3-14-11(8)15-5-9/h2-7H,1H3,(H,14,15). The first-order chi connectivity index (χ1) is 9.31. The van der Waals surface area contributed by atoms with Gasteiger partial charge in [-0.1, -0.05) is 0 Å². The van der Waals surface area contributed by atoms with Gasteiger partial charge in [-0.15, -0.1) is 0 Å². The Kier molecular flexibility index (Phi) is 1.94. The fraction of sp³-hybridized carbons (Fsp3) is 0.0769. The predicted molar refractivity (Wildman–Crippen MR) is 71.4 cm³/mol. The van der Waals surface area contributed by atoms with E-state index in [0.29, 0.717) is 11.5 Å². The lowest BCUT2D eigenvalue weighted by molar-refractivity contribution is 0.944. The van der Waals surface area contributed by atoms with Crippen LogP contribution in [0.5, 0.6) is 0 Å². The number of aromatic nitrogens is 6. The summed E-state index contributed by atoms with van der Waals surface area (Å²) in [4.78, 5) is 20.5. The minimum atomic E-state index is 0.641. The van der Waals surface area contributed by atoms with Gasteiger partial charge < -0.3 is 9.55 Å². The van der Waals surface area contributed by atoms with Crippen molar-refractivity contribution in [3.8, 4) is 11.4 Å². The number of hydrogen-bond acceptors (Lipinski definition) is 4. The average Bonchev–Trinajstić information content (AvgIpc) is 3.04. The highest BCUT2D eigenvalue weighted by molar-refractivity contribution is 5.81. The Labute approximate surface area is 108 Å². The molecule has 0 saturated carbocycles. The van der Waals surface area contributed by atoms with Crippen LogP contribution >= 0.6 is 0 Å². The van der Waals surface area contributed by atoms with Crippen LogP contribution in [-0.4, -0.2) is 29.5 Å². The van der Waals surface area contributed by atoms with E-state index in [1.807, 2.05) is 29.9 Å². The molecule has 92 valence electrons. The minimum absolute atomic E-state index is 0.641. The van der Waals surface area contributed by atoms with E-state index < -0.39 is 0 Å². The summed E-state index contributed by atoms with van der Waals surface area (Å²) < 4.78 is 1.90. The lowest BCUT2D eigenvalue weighted by atomic mass is 10.2. The van der Waals surface area contributed by atoms with E-state index in [1.54, 1.807) is 18.7 Å². The summed E-state index contributed by atoms with van der Waals surface area (Å²) in [5.41, 5.74) is 3.36. The largest absolute Gasteiger partial charge is 0.346 e. The molecule has 0 radical (unpaired) electrons. The van der Waals surface area contributed by atoms with Gasteiger partial charge in [-0.25, -0.2) is 19.9 Å². The molecule has 4 aromatic heterocycles. The molecule has 1 N–H and O–H groups in total. The first-order valence-corrected chi connectivity index (χ1v) is 5.89. The van der Waals surface area contributed by atoms with Crippen molar-refractivity contribution in [3.63, 3.8) is 0 Å². The van der Waals surface area contributed by atoms with Gasteiger partial charge in [0.1, 0.15) is 11.2 Å². The molecule has 6 nitrogen and oxygen atoms in total. The Hall–Kier alpha value is -2.76. The summed E-state index contributed by atoms with van der Waals surface area (Å²) in [6, 6.07) is 3.99. The third-order valence-electron chi connectivity index (χ3n) is 3.14. The fourth-order valence-electron chi connectivity index (χ4n) is 2.11. The van der Waals surface area contributed by atoms with Crippen LogP contribution in [-0.2, 0) is 7.05 Å². The van der Waals surface area contributed by atoms with Gasteiger partial charge in [0.25, 0.3) is 0 Å². The van der Waals surface area contributed by atoms with Crippen LogP contribution in [0.2, 0.25) is 0 Å². The number of H-pyrrole nitrogens is 1. The van der Waals surface area contributed by atoms with Crippen LogP contribution in [0.25, 0.3) is 33.6 Å². The van der Waals surface area contributed by atoms with Gasteiger partial charge in [0.05, 0.1) is 12.5 Å². The normalized spacial score (nSPS) is 11.4. The molecule has 0 aliphatic heterocycles. The molecule has 4 rings (SSSR count). The molecule has 0 unspecified atom stereocenters. The summed E-state index contributed by atoms with van der Waals surface area (Å²) in [6.45, 7) is 0. The lowest BCUT2D eigenvalue weighted by Crippen LogP contribution is -1.92. The van der Waals surface area contributed by atoms with Crippen LogP contribution < -0.4 is 0 Å². The maximum absolute atomic E-state index is 4.46. The number of pyridine rings is 1. The van der Waals surface area contributed by atoms with Crippen molar-refractivity contribution in [1.82, 2.24) is 29.5 Å². The highest BCUT2D eigenvalue weighted by atomic mass is 15.1. The van der Waals surface area contributed by atoms with Crippen molar-refractivity contribution in [1.29, 1.82) is 0 Å². The van der Waals surface area contributed by atoms with Crippen LogP contribution in [0.3, 0.4) is 0 Å². The lowest BCUT2D eigenvalue weighted by Gasteiger charge is -2.00. The SMILES string of the molecule is Cn1cnc2nc(-c3cnc4[nH]ccc4c3)ncc21. The number of aromatic amines is 1. The van der Waals surface area contributed by atoms with E-state index in [-0.39, 0.29) is 0 Å². The molecule has 6 heteroatoms. The van der Waals surface area contributed by atoms with Gasteiger partial charge in [0.15, 0.2) is 11.5 Å². The topological polar surface area (TPSA) is 72.3 Å². The maximum atomic E-state index is 4.46. The second-order valence-electron chi connectivity index (χ2n) is 4.40. The number of nitrogens with zero attached hydrogens (tertiary/aromatic N) is 5. The van der Waals surface area contributed by atoms with E-state index in [4.69, 9.17) is 0 Å². The first kappa shape index (κ1) is 10.2. The second-order valence-corrected chi connectivity index (χ2v) is 4.40. The van der Waals surface area contributed by atoms with Crippen molar-refractivity contribution in [2.24, 2.45) is 7.05 Å². The summed E-state index contributed by atoms with van der Waals surface area (Å²) in [5.74, 6) is 0.641. The number of nitrogens with one attached hydrogen (secondary N) is 1. The van der Waals surface area contributed by atoms with Crippen molar-refractivity contribution in [3.05, 3.63) is 37.1 Å². The van der Waals surface area contributed by atoms with Gasteiger partial charge in [0.2, 0.25) is 0 Å². The predicted octanol–water partition coefficient (Wildman–Crippen LogP) is 1.91. The third-order valence-corrected chi connectivity index (χ3v) is 3.14. The number of rotatable bonds is 1. The zero-order valence-electron chi connectivity index (χ0n) is 10.2. The molecular formula is C13H10N6. The summed E-state index contributed by atoms with van der Waals surface area (Å²) in [7, 11) is 1.92. The monoisotopic (exact) mass is 250 g/mol. The zero-order valence-corrected chi connectivity index (χ0v) is 10.2. The molecule has 0 amide bonds. The number of aryl methyl sites for hydroxylation is 1. The number of hydrogen-bond donors (Lipinski definition) is 1. The molecule has 0 saturated heterocycles. The first-order valence-electron chi connectivity index (χ1n) is 5.89. The maximum Gasteiger partial charge on any atom is 0.181 e. The smallest absolute Gasteiger partial charge is 0.181 e. The highest BCUT2D eigenvalue weighted by Crippen LogP contribution is 2.20. The third kappa shape index (κ3) is 1.50. The zero-order chi connectivity index (χ0) is 12.8. The highest BCUT2D eigenvalue weighted by Gasteiger charge is 2.07. The molecule has 0 aromatic carbocycles. The van der Waals surface area contributed by atoms with Gasteiger partial charge >= 0.3 is 0 Å². The van der Waals surface area contributed by atoms with E-state index in [1.165, 1.54) is 0 Å². The van der Waals surface area contributed by atoms with E-state index in [2.05, 4.69) is 24.9 Å². The summed E-state index contributed by atoms with van der Waals surface area (Å²) in [6.07, 6.45) is 7.15. The molecule has 0 atom stereocenters. The molecule has 4 heterocycles. The van der Waals surface area contributed by atoms with E-state index >= 15 is 0 Å². The van der Waals surface area contributed by atoms with E-state index in [0.717, 1.165) is 22.1 Å². The molecule has 19 heavy (non-hydrogen) atoms. The Balaban J connectivity index is 1.92. The Bertz CT molecular complexity index is 888. The molecular weight excluding hydrogens is 240 g/mol. The van der Waals surface area contributed by atoms with Gasteiger partial charge in [-0.05, 0) is 12.1 Å². The quantitative estimate of drug-likeness (QED) is 0.560. The Morgan fingerprint density at radius 2 is 2.11 bits per heavy atom. The number of imidazole rings is 1. The fourth-order valence-corrected chi connectivity index (χ4v) is 2.11. The van der Waals surface area contributed by atoms with Crippen LogP contribution in [0.1, 0.15) is 0 Å². The Morgan fingerprint density at radius 3 is 3.05 bits per heavy atom. The van der Waals surface area contributed by atoms with E-state index in [9.17, 15) is 0 Å². The molecule has 0 aliphatic rings. The minimum Gasteiger partial charge on any atom is -0.346 e. The summed E-state index contributed by atoms with van der Waals surface area (Å²) >= 11 is 0. The van der Waals surface area contributed by atoms with Crippen molar-refractivity contribution in [2.45, 2.75) is 0 Å². The summed E-state index contributed by atoms with van der Waals surface area (Å²) in [5, 5.41) is 1.04.